The van der Waals surface area contributed by atoms with Crippen molar-refractivity contribution in [1.29, 1.82) is 0 Å². The largest absolute Gasteiger partial charge is 0.322 e. The Labute approximate surface area is 85.8 Å². The zero-order valence-electron chi connectivity index (χ0n) is 6.68. The molecule has 1 amide bonds. The van der Waals surface area contributed by atoms with E-state index in [0.717, 1.165) is 0 Å². The third-order valence-corrected chi connectivity index (χ3v) is 2.04. The van der Waals surface area contributed by atoms with Gasteiger partial charge < -0.3 is 11.1 Å². The molecule has 0 saturated carbocycles. The molecule has 3 nitrogen and oxygen atoms in total. The van der Waals surface area contributed by atoms with E-state index in [0.29, 0.717) is 15.7 Å². The van der Waals surface area contributed by atoms with Gasteiger partial charge in [0.1, 0.15) is 0 Å². The molecule has 1 aromatic carbocycles. The molecule has 0 aliphatic rings. The quantitative estimate of drug-likeness (QED) is 0.797. The van der Waals surface area contributed by atoms with Crippen LogP contribution >= 0.6 is 23.2 Å². The zero-order valence-corrected chi connectivity index (χ0v) is 8.19. The van der Waals surface area contributed by atoms with Gasteiger partial charge in [0.05, 0.1) is 22.3 Å². The third kappa shape index (κ3) is 2.59. The van der Waals surface area contributed by atoms with Gasteiger partial charge in [-0.1, -0.05) is 29.3 Å². The molecule has 5 heteroatoms. The van der Waals surface area contributed by atoms with Crippen LogP contribution in [0, 0.1) is 0 Å². The average molecular weight is 219 g/mol. The maximum Gasteiger partial charge on any atom is 0.238 e. The molecule has 0 atom stereocenters. The van der Waals surface area contributed by atoms with Crippen LogP contribution in [0.2, 0.25) is 10.0 Å². The van der Waals surface area contributed by atoms with Crippen molar-refractivity contribution in [3.8, 4) is 0 Å². The zero-order chi connectivity index (χ0) is 9.84. The highest BCUT2D eigenvalue weighted by atomic mass is 35.5. The molecule has 1 rings (SSSR count). The molecular weight excluding hydrogens is 211 g/mol. The first-order valence-corrected chi connectivity index (χ1v) is 4.34. The Balaban J connectivity index is 2.93. The molecule has 0 unspecified atom stereocenters. The lowest BCUT2D eigenvalue weighted by Gasteiger charge is -2.07. The minimum atomic E-state index is -0.324. The summed E-state index contributed by atoms with van der Waals surface area (Å²) in [6, 6.07) is 4.97. The monoisotopic (exact) mass is 218 g/mol. The number of para-hydroxylation sites is 1. The Bertz CT molecular complexity index is 308. The lowest BCUT2D eigenvalue weighted by Crippen LogP contribution is -2.22. The van der Waals surface area contributed by atoms with E-state index < -0.39 is 0 Å². The second-order valence-electron chi connectivity index (χ2n) is 2.35. The van der Waals surface area contributed by atoms with Crippen LogP contribution in [-0.2, 0) is 4.79 Å². The summed E-state index contributed by atoms with van der Waals surface area (Å²) in [6.45, 7) is -0.0957. The summed E-state index contributed by atoms with van der Waals surface area (Å²) in [7, 11) is 0. The molecule has 1 aromatic rings. The molecule has 0 aliphatic heterocycles. The highest BCUT2D eigenvalue weighted by Crippen LogP contribution is 2.29. The second kappa shape index (κ2) is 4.46. The predicted molar refractivity (Wildman–Crippen MR) is 54.1 cm³/mol. The number of nitrogens with two attached hydrogens (primary N) is 1. The van der Waals surface area contributed by atoms with Crippen molar-refractivity contribution in [2.75, 3.05) is 11.9 Å². The van der Waals surface area contributed by atoms with Crippen molar-refractivity contribution in [2.24, 2.45) is 5.73 Å². The molecule has 3 N–H and O–H groups in total. The van der Waals surface area contributed by atoms with Gasteiger partial charge in [0.15, 0.2) is 0 Å². The second-order valence-corrected chi connectivity index (χ2v) is 3.16. The molecule has 0 spiro atoms. The van der Waals surface area contributed by atoms with Gasteiger partial charge in [-0.2, -0.15) is 0 Å². The van der Waals surface area contributed by atoms with Gasteiger partial charge in [0.2, 0.25) is 5.91 Å². The molecule has 70 valence electrons. The minimum Gasteiger partial charge on any atom is -0.322 e. The van der Waals surface area contributed by atoms with E-state index in [1.165, 1.54) is 0 Å². The Morgan fingerprint density at radius 3 is 2.38 bits per heavy atom. The maximum absolute atomic E-state index is 10.9. The van der Waals surface area contributed by atoms with Gasteiger partial charge in [0.25, 0.3) is 0 Å². The van der Waals surface area contributed by atoms with Crippen molar-refractivity contribution < 1.29 is 4.79 Å². The summed E-state index contributed by atoms with van der Waals surface area (Å²) in [5.41, 5.74) is 5.53. The molecule has 0 heterocycles. The SMILES string of the molecule is NCC(=O)Nc1c(Cl)cccc1Cl. The number of carbonyl (C=O) groups excluding carboxylic acids is 1. The normalized spacial score (nSPS) is 9.77. The van der Waals surface area contributed by atoms with E-state index in [1.807, 2.05) is 0 Å². The van der Waals surface area contributed by atoms with Crippen LogP contribution in [-0.4, -0.2) is 12.5 Å². The summed E-state index contributed by atoms with van der Waals surface area (Å²) < 4.78 is 0. The highest BCUT2D eigenvalue weighted by molar-refractivity contribution is 6.39. The number of hydrogen-bond acceptors (Lipinski definition) is 2. The number of amides is 1. The minimum absolute atomic E-state index is 0.0957. The summed E-state index contributed by atoms with van der Waals surface area (Å²) in [4.78, 5) is 10.9. The van der Waals surface area contributed by atoms with E-state index in [9.17, 15) is 4.79 Å². The number of hydrogen-bond donors (Lipinski definition) is 2. The van der Waals surface area contributed by atoms with Crippen LogP contribution in [0.3, 0.4) is 0 Å². The van der Waals surface area contributed by atoms with Crippen molar-refractivity contribution in [1.82, 2.24) is 0 Å². The summed E-state index contributed by atoms with van der Waals surface area (Å²) >= 11 is 11.6. The fraction of sp³-hybridized carbons (Fsp3) is 0.125. The molecule has 0 aliphatic carbocycles. The lowest BCUT2D eigenvalue weighted by atomic mass is 10.3. The molecule has 13 heavy (non-hydrogen) atoms. The topological polar surface area (TPSA) is 55.1 Å². The lowest BCUT2D eigenvalue weighted by molar-refractivity contribution is -0.114. The van der Waals surface area contributed by atoms with Crippen molar-refractivity contribution in [2.45, 2.75) is 0 Å². The van der Waals surface area contributed by atoms with Crippen LogP contribution in [0.4, 0.5) is 5.69 Å². The van der Waals surface area contributed by atoms with Crippen LogP contribution in [0.1, 0.15) is 0 Å². The number of halogens is 2. The number of anilines is 1. The Hall–Kier alpha value is -0.770. The fourth-order valence-electron chi connectivity index (χ4n) is 0.808. The fourth-order valence-corrected chi connectivity index (χ4v) is 1.30. The van der Waals surface area contributed by atoms with Crippen molar-refractivity contribution >= 4 is 34.8 Å². The van der Waals surface area contributed by atoms with E-state index in [2.05, 4.69) is 5.32 Å². The highest BCUT2D eigenvalue weighted by Gasteiger charge is 2.07. The van der Waals surface area contributed by atoms with Gasteiger partial charge >= 0.3 is 0 Å². The van der Waals surface area contributed by atoms with E-state index in [-0.39, 0.29) is 12.5 Å². The van der Waals surface area contributed by atoms with Gasteiger partial charge in [-0.3, -0.25) is 4.79 Å². The van der Waals surface area contributed by atoms with Crippen LogP contribution in [0.15, 0.2) is 18.2 Å². The van der Waals surface area contributed by atoms with E-state index in [1.54, 1.807) is 18.2 Å². The summed E-state index contributed by atoms with van der Waals surface area (Å²) in [5.74, 6) is -0.324. The summed E-state index contributed by atoms with van der Waals surface area (Å²) in [6.07, 6.45) is 0. The van der Waals surface area contributed by atoms with Gasteiger partial charge in [-0.05, 0) is 12.1 Å². The van der Waals surface area contributed by atoms with E-state index >= 15 is 0 Å². The van der Waals surface area contributed by atoms with Crippen LogP contribution < -0.4 is 11.1 Å². The Morgan fingerprint density at radius 2 is 1.92 bits per heavy atom. The van der Waals surface area contributed by atoms with E-state index in [4.69, 9.17) is 28.9 Å². The molecular formula is C8H8Cl2N2O. The summed E-state index contributed by atoms with van der Waals surface area (Å²) in [5, 5.41) is 3.30. The number of rotatable bonds is 2. The number of nitrogens with one attached hydrogen (secondary N) is 1. The van der Waals surface area contributed by atoms with Crippen molar-refractivity contribution in [3.05, 3.63) is 28.2 Å². The standard InChI is InChI=1S/C8H8Cl2N2O/c9-5-2-1-3-6(10)8(5)12-7(13)4-11/h1-3H,4,11H2,(H,12,13). The first-order valence-electron chi connectivity index (χ1n) is 3.59. The molecule has 0 bridgehead atoms. The predicted octanol–water partition coefficient (Wildman–Crippen LogP) is 1.89. The van der Waals surface area contributed by atoms with Gasteiger partial charge in [-0.25, -0.2) is 0 Å². The number of carbonyl (C=O) groups is 1. The van der Waals surface area contributed by atoms with Crippen LogP contribution in [0.25, 0.3) is 0 Å². The van der Waals surface area contributed by atoms with Crippen molar-refractivity contribution in [3.63, 3.8) is 0 Å². The molecule has 0 radical (unpaired) electrons. The number of benzene rings is 1. The molecule has 0 aromatic heterocycles. The first-order chi connectivity index (χ1) is 6.15. The van der Waals surface area contributed by atoms with Crippen LogP contribution in [0.5, 0.6) is 0 Å². The third-order valence-electron chi connectivity index (χ3n) is 1.41. The van der Waals surface area contributed by atoms with Gasteiger partial charge in [0, 0.05) is 0 Å². The molecule has 0 saturated heterocycles. The molecule has 0 fully saturated rings. The average Bonchev–Trinajstić information content (AvgIpc) is 2.11. The Morgan fingerprint density at radius 1 is 1.38 bits per heavy atom. The first kappa shape index (κ1) is 10.3. The Kier molecular flexibility index (Phi) is 3.54. The van der Waals surface area contributed by atoms with Gasteiger partial charge in [-0.15, -0.1) is 0 Å². The maximum atomic E-state index is 10.9. The smallest absolute Gasteiger partial charge is 0.238 e.